The van der Waals surface area contributed by atoms with Gasteiger partial charge in [0.05, 0.1) is 24.4 Å². The Morgan fingerprint density at radius 1 is 0.878 bits per heavy atom. The summed E-state index contributed by atoms with van der Waals surface area (Å²) in [5.41, 5.74) is 2.32. The zero-order valence-electron chi connectivity index (χ0n) is 23.1. The van der Waals surface area contributed by atoms with Gasteiger partial charge in [-0.2, -0.15) is 0 Å². The first-order valence-corrected chi connectivity index (χ1v) is 14.5. The van der Waals surface area contributed by atoms with Crippen molar-refractivity contribution in [3.63, 3.8) is 0 Å². The monoisotopic (exact) mass is 552 g/mol. The first kappa shape index (κ1) is 27.1. The Morgan fingerprint density at radius 3 is 2.29 bits per heavy atom. The Bertz CT molecular complexity index is 1540. The van der Waals surface area contributed by atoms with Crippen LogP contribution < -0.4 is 15.7 Å². The number of piperazine rings is 1. The normalized spacial score (nSPS) is 19.2. The molecule has 4 aromatic rings. The molecule has 0 radical (unpaired) electrons. The highest BCUT2D eigenvalue weighted by Gasteiger charge is 2.35. The SMILES string of the molecule is O=C(c1c(-c2ccccc2)n(C2CCCC[C@H]2O)c(=O)n1Cc1cccc(Oc2ccccc2)c1)N1CCNCC1. The average Bonchev–Trinajstić information content (AvgIpc) is 3.30. The number of amides is 1. The van der Waals surface area contributed by atoms with Gasteiger partial charge in [-0.05, 0) is 42.7 Å². The number of ether oxygens (including phenoxy) is 1. The zero-order valence-corrected chi connectivity index (χ0v) is 23.1. The molecule has 0 spiro atoms. The minimum atomic E-state index is -0.649. The van der Waals surface area contributed by atoms with Gasteiger partial charge in [0.25, 0.3) is 5.91 Å². The maximum atomic E-state index is 14.4. The van der Waals surface area contributed by atoms with Gasteiger partial charge in [-0.15, -0.1) is 0 Å². The molecule has 41 heavy (non-hydrogen) atoms. The van der Waals surface area contributed by atoms with Crippen molar-refractivity contribution >= 4 is 5.91 Å². The number of imidazole rings is 1. The van der Waals surface area contributed by atoms with Crippen LogP contribution in [0.4, 0.5) is 0 Å². The van der Waals surface area contributed by atoms with E-state index in [-0.39, 0.29) is 18.1 Å². The number of aliphatic hydroxyl groups excluding tert-OH is 1. The highest BCUT2D eigenvalue weighted by molar-refractivity contribution is 5.99. The number of rotatable bonds is 7. The number of para-hydroxylation sites is 1. The molecule has 1 amide bonds. The van der Waals surface area contributed by atoms with Gasteiger partial charge in [0.1, 0.15) is 17.2 Å². The molecule has 1 aromatic heterocycles. The van der Waals surface area contributed by atoms with Crippen molar-refractivity contribution in [1.82, 2.24) is 19.4 Å². The first-order valence-electron chi connectivity index (χ1n) is 14.5. The van der Waals surface area contributed by atoms with E-state index >= 15 is 0 Å². The molecule has 2 aliphatic rings. The molecule has 3 aromatic carbocycles. The van der Waals surface area contributed by atoms with E-state index in [0.29, 0.717) is 56.2 Å². The lowest BCUT2D eigenvalue weighted by Gasteiger charge is -2.30. The van der Waals surface area contributed by atoms with E-state index < -0.39 is 12.1 Å². The lowest BCUT2D eigenvalue weighted by atomic mass is 9.92. The molecule has 8 nitrogen and oxygen atoms in total. The fraction of sp³-hybridized carbons (Fsp3) is 0.333. The minimum Gasteiger partial charge on any atom is -0.457 e. The highest BCUT2D eigenvalue weighted by atomic mass is 16.5. The van der Waals surface area contributed by atoms with Gasteiger partial charge in [0.15, 0.2) is 0 Å². The number of hydrogen-bond donors (Lipinski definition) is 2. The molecule has 1 aliphatic carbocycles. The van der Waals surface area contributed by atoms with E-state index in [1.165, 1.54) is 0 Å². The maximum Gasteiger partial charge on any atom is 0.329 e. The number of carbonyl (C=O) groups is 1. The number of hydrogen-bond acceptors (Lipinski definition) is 5. The van der Waals surface area contributed by atoms with Crippen LogP contribution in [0.1, 0.15) is 47.8 Å². The van der Waals surface area contributed by atoms with Crippen molar-refractivity contribution in [3.05, 3.63) is 107 Å². The van der Waals surface area contributed by atoms with Gasteiger partial charge < -0.3 is 20.1 Å². The molecule has 1 aliphatic heterocycles. The van der Waals surface area contributed by atoms with Crippen molar-refractivity contribution in [2.24, 2.45) is 0 Å². The fourth-order valence-corrected chi connectivity index (χ4v) is 6.03. The van der Waals surface area contributed by atoms with Crippen LogP contribution in [0.5, 0.6) is 11.5 Å². The molecule has 0 bridgehead atoms. The minimum absolute atomic E-state index is 0.164. The molecular weight excluding hydrogens is 516 g/mol. The van der Waals surface area contributed by atoms with Crippen molar-refractivity contribution in [2.45, 2.75) is 44.4 Å². The Hall–Kier alpha value is -4.14. The zero-order chi connectivity index (χ0) is 28.2. The van der Waals surface area contributed by atoms with Crippen LogP contribution >= 0.6 is 0 Å². The van der Waals surface area contributed by atoms with E-state index in [1.807, 2.05) is 89.8 Å². The summed E-state index contributed by atoms with van der Waals surface area (Å²) in [6.45, 7) is 2.75. The fourth-order valence-electron chi connectivity index (χ4n) is 6.03. The molecule has 1 saturated carbocycles. The van der Waals surface area contributed by atoms with Gasteiger partial charge in [-0.3, -0.25) is 13.9 Å². The summed E-state index contributed by atoms with van der Waals surface area (Å²) in [4.78, 5) is 30.5. The molecule has 2 heterocycles. The number of aliphatic hydroxyl groups is 1. The Balaban J connectivity index is 1.49. The summed E-state index contributed by atoms with van der Waals surface area (Å²) in [5, 5.41) is 14.4. The number of aromatic nitrogens is 2. The summed E-state index contributed by atoms with van der Waals surface area (Å²) in [7, 11) is 0. The van der Waals surface area contributed by atoms with E-state index in [9.17, 15) is 14.7 Å². The summed E-state index contributed by atoms with van der Waals surface area (Å²) in [6, 6.07) is 26.4. The second-order valence-electron chi connectivity index (χ2n) is 10.8. The molecule has 212 valence electrons. The van der Waals surface area contributed by atoms with Crippen molar-refractivity contribution in [2.75, 3.05) is 26.2 Å². The van der Waals surface area contributed by atoms with Crippen molar-refractivity contribution in [1.29, 1.82) is 0 Å². The van der Waals surface area contributed by atoms with Crippen LogP contribution in [0.25, 0.3) is 11.3 Å². The molecule has 1 saturated heterocycles. The van der Waals surface area contributed by atoms with Crippen molar-refractivity contribution < 1.29 is 14.6 Å². The third-order valence-corrected chi connectivity index (χ3v) is 8.07. The van der Waals surface area contributed by atoms with Crippen LogP contribution in [0, 0.1) is 0 Å². The third kappa shape index (κ3) is 5.71. The molecule has 2 N–H and O–H groups in total. The van der Waals surface area contributed by atoms with Crippen LogP contribution in [0.3, 0.4) is 0 Å². The molecular formula is C33H36N4O4. The topological polar surface area (TPSA) is 88.7 Å². The molecule has 1 unspecified atom stereocenters. The third-order valence-electron chi connectivity index (χ3n) is 8.07. The summed E-state index contributed by atoms with van der Waals surface area (Å²) in [6.07, 6.45) is 2.52. The molecule has 6 rings (SSSR count). The van der Waals surface area contributed by atoms with Gasteiger partial charge in [0, 0.05) is 31.7 Å². The van der Waals surface area contributed by atoms with Crippen LogP contribution in [-0.4, -0.2) is 57.3 Å². The summed E-state index contributed by atoms with van der Waals surface area (Å²) in [5.74, 6) is 1.21. The number of carbonyl (C=O) groups excluding carboxylic acids is 1. The first-order chi connectivity index (χ1) is 20.1. The summed E-state index contributed by atoms with van der Waals surface area (Å²) >= 11 is 0. The van der Waals surface area contributed by atoms with E-state index in [4.69, 9.17) is 4.74 Å². The van der Waals surface area contributed by atoms with Crippen molar-refractivity contribution in [3.8, 4) is 22.8 Å². The van der Waals surface area contributed by atoms with Gasteiger partial charge in [0.2, 0.25) is 0 Å². The van der Waals surface area contributed by atoms with Crippen LogP contribution in [0.2, 0.25) is 0 Å². The molecule has 2 fully saturated rings. The number of nitrogens with one attached hydrogen (secondary N) is 1. The highest BCUT2D eigenvalue weighted by Crippen LogP contribution is 2.35. The molecule has 2 atom stereocenters. The predicted molar refractivity (Wildman–Crippen MR) is 158 cm³/mol. The average molecular weight is 553 g/mol. The predicted octanol–water partition coefficient (Wildman–Crippen LogP) is 4.68. The van der Waals surface area contributed by atoms with Gasteiger partial charge in [-0.1, -0.05) is 73.5 Å². The second kappa shape index (κ2) is 12.2. The Kier molecular flexibility index (Phi) is 8.02. The largest absolute Gasteiger partial charge is 0.457 e. The van der Waals surface area contributed by atoms with Gasteiger partial charge in [-0.25, -0.2) is 4.79 Å². The smallest absolute Gasteiger partial charge is 0.329 e. The number of benzene rings is 3. The Labute approximate surface area is 239 Å². The maximum absolute atomic E-state index is 14.4. The van der Waals surface area contributed by atoms with E-state index in [2.05, 4.69) is 5.32 Å². The quantitative estimate of drug-likeness (QED) is 0.348. The van der Waals surface area contributed by atoms with Crippen LogP contribution in [-0.2, 0) is 6.54 Å². The van der Waals surface area contributed by atoms with Gasteiger partial charge >= 0.3 is 5.69 Å². The Morgan fingerprint density at radius 2 is 1.56 bits per heavy atom. The lowest BCUT2D eigenvalue weighted by Crippen LogP contribution is -2.47. The second-order valence-corrected chi connectivity index (χ2v) is 10.8. The number of nitrogens with zero attached hydrogens (tertiary/aromatic N) is 3. The lowest BCUT2D eigenvalue weighted by molar-refractivity contribution is 0.0719. The van der Waals surface area contributed by atoms with Crippen LogP contribution in [0.15, 0.2) is 89.7 Å². The summed E-state index contributed by atoms with van der Waals surface area (Å²) < 4.78 is 9.37. The standard InChI is InChI=1S/C33H36N4O4/c38-29-17-8-7-16-28(29)37-30(25-11-3-1-4-12-25)31(32(39)35-20-18-34-19-21-35)36(33(37)40)23-24-10-9-15-27(22-24)41-26-13-5-2-6-14-26/h1-6,9-15,22,28-29,34,38H,7-8,16-21,23H2/t28?,29-/m1/s1. The van der Waals surface area contributed by atoms with E-state index in [0.717, 1.165) is 29.7 Å². The van der Waals surface area contributed by atoms with E-state index in [1.54, 1.807) is 9.13 Å². The molecule has 8 heteroatoms.